The Bertz CT molecular complexity index is 659. The molecule has 21 heavy (non-hydrogen) atoms. The summed E-state index contributed by atoms with van der Waals surface area (Å²) < 4.78 is 11.0. The molecule has 0 fully saturated rings. The summed E-state index contributed by atoms with van der Waals surface area (Å²) in [5, 5.41) is 9.54. The Hall–Kier alpha value is -1.96. The summed E-state index contributed by atoms with van der Waals surface area (Å²) in [4.78, 5) is 3.99. The predicted octanol–water partition coefficient (Wildman–Crippen LogP) is 3.93. The molecule has 2 rings (SSSR count). The van der Waals surface area contributed by atoms with Crippen LogP contribution in [0.25, 0.3) is 0 Å². The first-order valence-electron chi connectivity index (χ1n) is 6.08. The molecule has 0 unspecified atom stereocenters. The lowest BCUT2D eigenvalue weighted by molar-refractivity contribution is 0.281. The monoisotopic (exact) mass is 322 g/mol. The second-order valence-corrected chi connectivity index (χ2v) is 4.85. The molecule has 0 saturated heterocycles. The van der Waals surface area contributed by atoms with Crippen LogP contribution in [0.3, 0.4) is 0 Å². The highest BCUT2D eigenvalue weighted by molar-refractivity contribution is 6.31. The van der Waals surface area contributed by atoms with Gasteiger partial charge < -0.3 is 9.47 Å². The molecular weight excluding hydrogens is 311 g/mol. The number of nitrogens with zero attached hydrogens (tertiary/aromatic N) is 2. The fraction of sp³-hybridized carbons (Fsp3) is 0.200. The van der Waals surface area contributed by atoms with E-state index in [9.17, 15) is 0 Å². The van der Waals surface area contributed by atoms with Crippen molar-refractivity contribution in [2.24, 2.45) is 0 Å². The van der Waals surface area contributed by atoms with Crippen LogP contribution in [0.4, 0.5) is 0 Å². The Labute approximate surface area is 132 Å². The number of rotatable bonds is 5. The summed E-state index contributed by atoms with van der Waals surface area (Å²) in [7, 11) is 1.53. The number of aromatic nitrogens is 1. The van der Waals surface area contributed by atoms with Gasteiger partial charge in [-0.05, 0) is 12.1 Å². The zero-order chi connectivity index (χ0) is 15.2. The van der Waals surface area contributed by atoms with Crippen molar-refractivity contribution in [3.8, 4) is 17.6 Å². The van der Waals surface area contributed by atoms with Crippen molar-refractivity contribution in [3.63, 3.8) is 0 Å². The smallest absolute Gasteiger partial charge is 0.166 e. The lowest BCUT2D eigenvalue weighted by atomic mass is 10.2. The van der Waals surface area contributed by atoms with Gasteiger partial charge in [-0.3, -0.25) is 0 Å². The Morgan fingerprint density at radius 2 is 2.14 bits per heavy atom. The van der Waals surface area contributed by atoms with Gasteiger partial charge in [0, 0.05) is 28.4 Å². The van der Waals surface area contributed by atoms with Crippen LogP contribution >= 0.6 is 23.2 Å². The first-order chi connectivity index (χ1) is 10.2. The molecule has 108 valence electrons. The number of nitriles is 1. The van der Waals surface area contributed by atoms with E-state index in [1.165, 1.54) is 7.11 Å². The number of pyridine rings is 1. The third-order valence-corrected chi connectivity index (χ3v) is 3.34. The number of methoxy groups -OCH3 is 1. The number of ether oxygens (including phenoxy) is 2. The highest BCUT2D eigenvalue weighted by atomic mass is 35.5. The van der Waals surface area contributed by atoms with Gasteiger partial charge in [-0.2, -0.15) is 5.26 Å². The molecule has 6 heteroatoms. The molecule has 1 aromatic heterocycles. The standard InChI is InChI=1S/C15H12Cl2N2O2/c1-20-14-6-12(17)5-11(7-16)15(14)21-9-10-3-2-4-19-13(10)8-18/h2-6H,7,9H2,1H3. The summed E-state index contributed by atoms with van der Waals surface area (Å²) in [6.07, 6.45) is 1.56. The number of alkyl halides is 1. The van der Waals surface area contributed by atoms with Crippen molar-refractivity contribution in [1.82, 2.24) is 4.98 Å². The van der Waals surface area contributed by atoms with Crippen LogP contribution in [-0.4, -0.2) is 12.1 Å². The van der Waals surface area contributed by atoms with Crippen LogP contribution in [0.15, 0.2) is 30.5 Å². The Morgan fingerprint density at radius 3 is 2.81 bits per heavy atom. The van der Waals surface area contributed by atoms with E-state index in [-0.39, 0.29) is 12.5 Å². The molecule has 4 nitrogen and oxygen atoms in total. The van der Waals surface area contributed by atoms with Crippen LogP contribution in [0, 0.1) is 11.3 Å². The Morgan fingerprint density at radius 1 is 1.33 bits per heavy atom. The molecule has 1 heterocycles. The maximum Gasteiger partial charge on any atom is 0.166 e. The molecule has 0 radical (unpaired) electrons. The molecule has 0 spiro atoms. The minimum Gasteiger partial charge on any atom is -0.493 e. The van der Waals surface area contributed by atoms with Crippen molar-refractivity contribution in [3.05, 3.63) is 52.3 Å². The largest absolute Gasteiger partial charge is 0.493 e. The maximum atomic E-state index is 9.02. The van der Waals surface area contributed by atoms with Crippen LogP contribution in [0.5, 0.6) is 11.5 Å². The van der Waals surface area contributed by atoms with Crippen LogP contribution < -0.4 is 9.47 Å². The molecule has 0 aliphatic heterocycles. The molecule has 2 aromatic rings. The quantitative estimate of drug-likeness (QED) is 0.782. The van der Waals surface area contributed by atoms with Gasteiger partial charge in [-0.1, -0.05) is 17.7 Å². The summed E-state index contributed by atoms with van der Waals surface area (Å²) >= 11 is 11.9. The van der Waals surface area contributed by atoms with E-state index in [4.69, 9.17) is 37.9 Å². The fourth-order valence-electron chi connectivity index (χ4n) is 1.84. The first kappa shape index (κ1) is 15.4. The lowest BCUT2D eigenvalue weighted by Gasteiger charge is -2.15. The number of hydrogen-bond donors (Lipinski definition) is 0. The van der Waals surface area contributed by atoms with Crippen LogP contribution in [0.2, 0.25) is 5.02 Å². The predicted molar refractivity (Wildman–Crippen MR) is 80.8 cm³/mol. The van der Waals surface area contributed by atoms with E-state index in [0.717, 1.165) is 5.56 Å². The molecule has 1 aromatic carbocycles. The molecule has 0 aliphatic carbocycles. The van der Waals surface area contributed by atoms with Crippen molar-refractivity contribution in [2.75, 3.05) is 7.11 Å². The highest BCUT2D eigenvalue weighted by Gasteiger charge is 2.13. The summed E-state index contributed by atoms with van der Waals surface area (Å²) in [5.74, 6) is 1.26. The fourth-order valence-corrected chi connectivity index (χ4v) is 2.27. The van der Waals surface area contributed by atoms with E-state index in [2.05, 4.69) is 4.98 Å². The lowest BCUT2D eigenvalue weighted by Crippen LogP contribution is -2.03. The number of benzene rings is 1. The zero-order valence-corrected chi connectivity index (χ0v) is 12.8. The van der Waals surface area contributed by atoms with Gasteiger partial charge in [0.25, 0.3) is 0 Å². The van der Waals surface area contributed by atoms with Crippen LogP contribution in [0.1, 0.15) is 16.8 Å². The van der Waals surface area contributed by atoms with Gasteiger partial charge in [0.15, 0.2) is 11.5 Å². The SMILES string of the molecule is COc1cc(Cl)cc(CCl)c1OCc1cccnc1C#N. The second kappa shape index (κ2) is 7.16. The molecule has 0 bridgehead atoms. The Kier molecular flexibility index (Phi) is 5.26. The minimum atomic E-state index is 0.193. The van der Waals surface area contributed by atoms with Crippen molar-refractivity contribution < 1.29 is 9.47 Å². The summed E-state index contributed by atoms with van der Waals surface area (Å²) in [5.41, 5.74) is 1.75. The van der Waals surface area contributed by atoms with Crippen molar-refractivity contribution in [2.45, 2.75) is 12.5 Å². The van der Waals surface area contributed by atoms with Gasteiger partial charge in [0.2, 0.25) is 0 Å². The second-order valence-electron chi connectivity index (χ2n) is 4.14. The average molecular weight is 323 g/mol. The zero-order valence-electron chi connectivity index (χ0n) is 11.3. The van der Waals surface area contributed by atoms with E-state index >= 15 is 0 Å². The topological polar surface area (TPSA) is 55.1 Å². The van der Waals surface area contributed by atoms with E-state index < -0.39 is 0 Å². The molecule has 0 atom stereocenters. The van der Waals surface area contributed by atoms with E-state index in [0.29, 0.717) is 27.8 Å². The normalized spacial score (nSPS) is 10.0. The highest BCUT2D eigenvalue weighted by Crippen LogP contribution is 2.36. The third-order valence-electron chi connectivity index (χ3n) is 2.83. The molecule has 0 amide bonds. The Balaban J connectivity index is 2.30. The van der Waals surface area contributed by atoms with Crippen LogP contribution in [-0.2, 0) is 12.5 Å². The van der Waals surface area contributed by atoms with E-state index in [1.54, 1.807) is 30.5 Å². The average Bonchev–Trinajstić information content (AvgIpc) is 2.52. The van der Waals surface area contributed by atoms with Gasteiger partial charge in [-0.15, -0.1) is 11.6 Å². The molecule has 0 N–H and O–H groups in total. The van der Waals surface area contributed by atoms with Gasteiger partial charge in [0.05, 0.1) is 13.0 Å². The van der Waals surface area contributed by atoms with Crippen molar-refractivity contribution in [1.29, 1.82) is 5.26 Å². The van der Waals surface area contributed by atoms with Gasteiger partial charge in [-0.25, -0.2) is 4.98 Å². The van der Waals surface area contributed by atoms with Gasteiger partial charge >= 0.3 is 0 Å². The minimum absolute atomic E-state index is 0.193. The summed E-state index contributed by atoms with van der Waals surface area (Å²) in [6.45, 7) is 0.193. The summed E-state index contributed by atoms with van der Waals surface area (Å²) in [6, 6.07) is 8.94. The number of hydrogen-bond acceptors (Lipinski definition) is 4. The molecular formula is C15H12Cl2N2O2. The molecule has 0 aliphatic rings. The first-order valence-corrected chi connectivity index (χ1v) is 7.00. The van der Waals surface area contributed by atoms with E-state index in [1.807, 2.05) is 6.07 Å². The van der Waals surface area contributed by atoms with Gasteiger partial charge in [0.1, 0.15) is 18.4 Å². The molecule has 0 saturated carbocycles. The maximum absolute atomic E-state index is 9.02. The number of halogens is 2. The van der Waals surface area contributed by atoms with Crippen molar-refractivity contribution >= 4 is 23.2 Å². The third kappa shape index (κ3) is 3.57.